The van der Waals surface area contributed by atoms with Crippen LogP contribution < -0.4 is 5.46 Å². The average molecular weight is 786 g/mol. The van der Waals surface area contributed by atoms with Crippen LogP contribution in [0.1, 0.15) is 0 Å². The number of fused-ring (bicyclic) bond motifs is 4. The first kappa shape index (κ1) is 36.7. The lowest BCUT2D eigenvalue weighted by Gasteiger charge is -2.16. The van der Waals surface area contributed by atoms with Crippen molar-refractivity contribution in [2.45, 2.75) is 0 Å². The molecule has 0 aliphatic carbocycles. The molecular formula is C52H38BBrO2. The largest absolute Gasteiger partial charge is 0.489 e. The minimum atomic E-state index is -1.43. The molecule has 0 spiro atoms. The van der Waals surface area contributed by atoms with Gasteiger partial charge < -0.3 is 10.0 Å². The lowest BCUT2D eigenvalue weighted by molar-refractivity contribution is 0.426. The molecule has 10 aromatic carbocycles. The van der Waals surface area contributed by atoms with Crippen molar-refractivity contribution in [2.24, 2.45) is 0 Å². The molecule has 0 saturated carbocycles. The van der Waals surface area contributed by atoms with Crippen molar-refractivity contribution in [3.05, 3.63) is 223 Å². The Morgan fingerprint density at radius 3 is 1.14 bits per heavy atom. The maximum absolute atomic E-state index is 9.22. The summed E-state index contributed by atoms with van der Waals surface area (Å²) in [5.74, 6) is 0. The third-order valence-corrected chi connectivity index (χ3v) is 10.9. The molecule has 0 aliphatic rings. The molecule has 0 unspecified atom stereocenters. The van der Waals surface area contributed by atoms with E-state index >= 15 is 0 Å². The van der Waals surface area contributed by atoms with Crippen molar-refractivity contribution in [1.29, 1.82) is 0 Å². The summed E-state index contributed by atoms with van der Waals surface area (Å²) >= 11 is 3.68. The van der Waals surface area contributed by atoms with Crippen LogP contribution in [-0.2, 0) is 0 Å². The van der Waals surface area contributed by atoms with Gasteiger partial charge >= 0.3 is 7.12 Å². The third-order valence-electron chi connectivity index (χ3n) is 10.1. The van der Waals surface area contributed by atoms with E-state index in [0.29, 0.717) is 5.46 Å². The molecule has 0 aromatic heterocycles. The summed E-state index contributed by atoms with van der Waals surface area (Å²) in [5.41, 5.74) is 7.50. The van der Waals surface area contributed by atoms with Gasteiger partial charge in [0.05, 0.1) is 0 Å². The van der Waals surface area contributed by atoms with Crippen LogP contribution in [0, 0.1) is 0 Å². The molecule has 0 aliphatic heterocycles. The number of benzene rings is 10. The molecule has 10 aromatic rings. The average Bonchev–Trinajstić information content (AvgIpc) is 3.27. The monoisotopic (exact) mass is 784 g/mol. The Bertz CT molecular complexity index is 2800. The second-order valence-electron chi connectivity index (χ2n) is 13.6. The maximum Gasteiger partial charge on any atom is 0.489 e. The number of hydrogen-bond donors (Lipinski definition) is 2. The molecular weight excluding hydrogens is 747 g/mol. The van der Waals surface area contributed by atoms with Crippen molar-refractivity contribution in [1.82, 2.24) is 0 Å². The van der Waals surface area contributed by atoms with E-state index in [0.717, 1.165) is 11.1 Å². The number of rotatable bonds is 4. The van der Waals surface area contributed by atoms with Crippen molar-refractivity contribution in [3.8, 4) is 33.4 Å². The minimum Gasteiger partial charge on any atom is -0.423 e. The summed E-state index contributed by atoms with van der Waals surface area (Å²) in [5, 5.41) is 28.7. The highest BCUT2D eigenvalue weighted by Gasteiger charge is 2.16. The SMILES string of the molecule is Brc1c2ccccc2cc2ccccc12.OB(O)c1ccccc1-c1ccccc1.c1ccc(-c2ccccc2-c2c3ccccc3cc3ccccc23)cc1. The van der Waals surface area contributed by atoms with E-state index in [1.54, 1.807) is 12.1 Å². The zero-order valence-electron chi connectivity index (χ0n) is 30.6. The Kier molecular flexibility index (Phi) is 11.1. The molecule has 268 valence electrons. The number of hydrogen-bond acceptors (Lipinski definition) is 2. The number of halogens is 1. The third kappa shape index (κ3) is 7.77. The predicted molar refractivity (Wildman–Crippen MR) is 243 cm³/mol. The first-order valence-corrected chi connectivity index (χ1v) is 19.5. The molecule has 0 heterocycles. The highest BCUT2D eigenvalue weighted by Crippen LogP contribution is 2.41. The van der Waals surface area contributed by atoms with E-state index in [1.165, 1.54) is 69.8 Å². The van der Waals surface area contributed by atoms with Crippen LogP contribution in [-0.4, -0.2) is 17.2 Å². The zero-order valence-corrected chi connectivity index (χ0v) is 32.2. The molecule has 0 atom stereocenters. The fraction of sp³-hybridized carbons (Fsp3) is 0. The van der Waals surface area contributed by atoms with Crippen molar-refractivity contribution >= 4 is 71.6 Å². The van der Waals surface area contributed by atoms with Gasteiger partial charge in [0.2, 0.25) is 0 Å². The van der Waals surface area contributed by atoms with Gasteiger partial charge in [0.15, 0.2) is 0 Å². The lowest BCUT2D eigenvalue weighted by atomic mass is 9.75. The summed E-state index contributed by atoms with van der Waals surface area (Å²) in [6, 6.07) is 75.1. The van der Waals surface area contributed by atoms with Crippen molar-refractivity contribution in [3.63, 3.8) is 0 Å². The van der Waals surface area contributed by atoms with Gasteiger partial charge in [-0.1, -0.05) is 206 Å². The second-order valence-corrected chi connectivity index (χ2v) is 14.4. The highest BCUT2D eigenvalue weighted by molar-refractivity contribution is 9.10. The van der Waals surface area contributed by atoms with Gasteiger partial charge in [-0.25, -0.2) is 0 Å². The minimum absolute atomic E-state index is 0.531. The summed E-state index contributed by atoms with van der Waals surface area (Å²) in [4.78, 5) is 0. The summed E-state index contributed by atoms with van der Waals surface area (Å²) in [6.07, 6.45) is 0. The first-order valence-electron chi connectivity index (χ1n) is 18.7. The Morgan fingerprint density at radius 1 is 0.321 bits per heavy atom. The summed E-state index contributed by atoms with van der Waals surface area (Å²) < 4.78 is 1.19. The molecule has 0 saturated heterocycles. The van der Waals surface area contributed by atoms with Crippen LogP contribution in [0.5, 0.6) is 0 Å². The van der Waals surface area contributed by atoms with E-state index in [-0.39, 0.29) is 0 Å². The van der Waals surface area contributed by atoms with Gasteiger partial charge in [-0.15, -0.1) is 0 Å². The summed E-state index contributed by atoms with van der Waals surface area (Å²) in [6.45, 7) is 0. The van der Waals surface area contributed by atoms with E-state index in [2.05, 4.69) is 180 Å². The van der Waals surface area contributed by atoms with Gasteiger partial charge in [-0.2, -0.15) is 0 Å². The van der Waals surface area contributed by atoms with Crippen LogP contribution >= 0.6 is 15.9 Å². The van der Waals surface area contributed by atoms with Crippen LogP contribution in [0.25, 0.3) is 76.5 Å². The molecule has 2 N–H and O–H groups in total. The van der Waals surface area contributed by atoms with Crippen LogP contribution in [0.15, 0.2) is 223 Å². The summed E-state index contributed by atoms with van der Waals surface area (Å²) in [7, 11) is -1.43. The van der Waals surface area contributed by atoms with Crippen LogP contribution in [0.2, 0.25) is 0 Å². The molecule has 0 radical (unpaired) electrons. The molecule has 0 amide bonds. The van der Waals surface area contributed by atoms with E-state index in [9.17, 15) is 10.0 Å². The molecule has 0 fully saturated rings. The van der Waals surface area contributed by atoms with Crippen molar-refractivity contribution in [2.75, 3.05) is 0 Å². The van der Waals surface area contributed by atoms with Gasteiger partial charge in [-0.05, 0) is 110 Å². The van der Waals surface area contributed by atoms with Crippen LogP contribution in [0.4, 0.5) is 0 Å². The van der Waals surface area contributed by atoms with Crippen LogP contribution in [0.3, 0.4) is 0 Å². The van der Waals surface area contributed by atoms with E-state index < -0.39 is 7.12 Å². The first-order chi connectivity index (χ1) is 27.6. The fourth-order valence-corrected chi connectivity index (χ4v) is 8.16. The lowest BCUT2D eigenvalue weighted by Crippen LogP contribution is -2.31. The topological polar surface area (TPSA) is 40.5 Å². The van der Waals surface area contributed by atoms with E-state index in [1.807, 2.05) is 42.5 Å². The zero-order chi connectivity index (χ0) is 38.3. The van der Waals surface area contributed by atoms with Crippen molar-refractivity contribution < 1.29 is 10.0 Å². The fourth-order valence-electron chi connectivity index (χ4n) is 7.44. The van der Waals surface area contributed by atoms with Gasteiger partial charge in [0.25, 0.3) is 0 Å². The molecule has 56 heavy (non-hydrogen) atoms. The predicted octanol–water partition coefficient (Wildman–Crippen LogP) is 13.1. The smallest absolute Gasteiger partial charge is 0.423 e. The second kappa shape index (κ2) is 17.0. The Hall–Kier alpha value is -6.30. The van der Waals surface area contributed by atoms with Gasteiger partial charge in [0.1, 0.15) is 0 Å². The molecule has 4 heteroatoms. The van der Waals surface area contributed by atoms with E-state index in [4.69, 9.17) is 0 Å². The Balaban J connectivity index is 0.000000126. The Labute approximate surface area is 336 Å². The van der Waals surface area contributed by atoms with Gasteiger partial charge in [0, 0.05) is 4.47 Å². The molecule has 10 rings (SSSR count). The molecule has 0 bridgehead atoms. The normalized spacial score (nSPS) is 10.8. The molecule has 2 nitrogen and oxygen atoms in total. The highest BCUT2D eigenvalue weighted by atomic mass is 79.9. The maximum atomic E-state index is 9.22. The van der Waals surface area contributed by atoms with Gasteiger partial charge in [-0.3, -0.25) is 0 Å². The standard InChI is InChI=1S/C26H18.C14H9Br.C12H11BO2/c1-2-10-19(11-3-1)22-14-8-9-17-25(22)26-23-15-6-4-12-20(23)18-21-13-5-7-16-24(21)26;15-14-12-7-3-1-5-10(12)9-11-6-2-4-8-13(11)14;14-13(15)12-9-5-4-8-11(12)10-6-2-1-3-7-10/h1-18H;1-9H;1-9,14-15H. The Morgan fingerprint density at radius 2 is 0.661 bits per heavy atom. The quantitative estimate of drug-likeness (QED) is 0.138.